The zero-order valence-electron chi connectivity index (χ0n) is 18.9. The molecule has 0 aliphatic heterocycles. The molecular formula is C29H26N2O3. The molecule has 3 aromatic carbocycles. The Morgan fingerprint density at radius 3 is 2.29 bits per heavy atom. The third-order valence-corrected chi connectivity index (χ3v) is 6.06. The highest BCUT2D eigenvalue weighted by molar-refractivity contribution is 5.90. The Morgan fingerprint density at radius 2 is 1.62 bits per heavy atom. The van der Waals surface area contributed by atoms with Crippen LogP contribution in [-0.2, 0) is 6.42 Å². The summed E-state index contributed by atoms with van der Waals surface area (Å²) in [5.41, 5.74) is 6.84. The molecule has 34 heavy (non-hydrogen) atoms. The molecule has 170 valence electrons. The summed E-state index contributed by atoms with van der Waals surface area (Å²) in [6.07, 6.45) is 4.34. The van der Waals surface area contributed by atoms with E-state index < -0.39 is 5.97 Å². The molecule has 1 atom stereocenters. The van der Waals surface area contributed by atoms with E-state index in [1.54, 1.807) is 24.5 Å². The van der Waals surface area contributed by atoms with Crippen LogP contribution in [0.4, 0.5) is 0 Å². The van der Waals surface area contributed by atoms with Gasteiger partial charge in [-0.25, -0.2) is 4.79 Å². The van der Waals surface area contributed by atoms with Crippen LogP contribution in [0.1, 0.15) is 45.0 Å². The molecule has 5 nitrogen and oxygen atoms in total. The van der Waals surface area contributed by atoms with E-state index in [-0.39, 0.29) is 11.5 Å². The van der Waals surface area contributed by atoms with Gasteiger partial charge in [0.25, 0.3) is 0 Å². The summed E-state index contributed by atoms with van der Waals surface area (Å²) in [6, 6.07) is 27.1. The smallest absolute Gasteiger partial charge is 0.335 e. The van der Waals surface area contributed by atoms with E-state index in [4.69, 9.17) is 0 Å². The van der Waals surface area contributed by atoms with Gasteiger partial charge in [-0.1, -0.05) is 65.8 Å². The lowest BCUT2D eigenvalue weighted by atomic mass is 9.80. The Bertz CT molecular complexity index is 1300. The average Bonchev–Trinajstić information content (AvgIpc) is 2.88. The number of carboxylic acid groups (broad SMARTS) is 1. The minimum atomic E-state index is -0.975. The predicted octanol–water partition coefficient (Wildman–Crippen LogP) is 6.35. The molecule has 0 aliphatic carbocycles. The summed E-state index contributed by atoms with van der Waals surface area (Å²) in [5, 5.41) is 23.3. The van der Waals surface area contributed by atoms with Crippen LogP contribution in [0.2, 0.25) is 0 Å². The first-order chi connectivity index (χ1) is 16.6. The molecule has 0 saturated heterocycles. The molecule has 0 saturated carbocycles. The fraction of sp³-hybridized carbons (Fsp3) is 0.138. The van der Waals surface area contributed by atoms with Gasteiger partial charge >= 0.3 is 5.97 Å². The Hall–Kier alpha value is -4.25. The number of aryl methyl sites for hydroxylation is 1. The van der Waals surface area contributed by atoms with E-state index >= 15 is 0 Å². The van der Waals surface area contributed by atoms with Gasteiger partial charge in [0.1, 0.15) is 0 Å². The Balaban J connectivity index is 1.86. The van der Waals surface area contributed by atoms with Crippen molar-refractivity contribution in [3.05, 3.63) is 125 Å². The van der Waals surface area contributed by atoms with Crippen molar-refractivity contribution in [2.75, 3.05) is 0 Å². The van der Waals surface area contributed by atoms with Crippen molar-refractivity contribution in [2.24, 2.45) is 5.16 Å². The first kappa shape index (κ1) is 22.9. The molecule has 4 aromatic rings. The minimum absolute atomic E-state index is 0.205. The predicted molar refractivity (Wildman–Crippen MR) is 134 cm³/mol. The van der Waals surface area contributed by atoms with E-state index in [9.17, 15) is 15.1 Å². The number of aromatic carboxylic acids is 1. The van der Waals surface area contributed by atoms with Gasteiger partial charge in [-0.15, -0.1) is 0 Å². The van der Waals surface area contributed by atoms with Crippen molar-refractivity contribution in [3.63, 3.8) is 0 Å². The maximum Gasteiger partial charge on any atom is 0.335 e. The Kier molecular flexibility index (Phi) is 7.13. The van der Waals surface area contributed by atoms with Crippen LogP contribution in [0.3, 0.4) is 0 Å². The second-order valence-corrected chi connectivity index (χ2v) is 8.28. The monoisotopic (exact) mass is 450 g/mol. The fourth-order valence-electron chi connectivity index (χ4n) is 4.35. The van der Waals surface area contributed by atoms with Crippen molar-refractivity contribution in [1.82, 2.24) is 4.98 Å². The SMILES string of the molecule is Cc1ccccc1[C@@H](CC(Cc1ccncc1)=NO)c1cc(C(=O)O)ccc1-c1ccccc1. The summed E-state index contributed by atoms with van der Waals surface area (Å²) in [4.78, 5) is 15.9. The molecule has 5 heteroatoms. The number of hydrogen-bond acceptors (Lipinski definition) is 4. The van der Waals surface area contributed by atoms with Crippen LogP contribution in [-0.4, -0.2) is 27.0 Å². The van der Waals surface area contributed by atoms with Gasteiger partial charge in [-0.3, -0.25) is 4.98 Å². The number of carboxylic acids is 1. The molecule has 0 aliphatic rings. The lowest BCUT2D eigenvalue weighted by Gasteiger charge is -2.24. The van der Waals surface area contributed by atoms with E-state index in [1.165, 1.54) is 0 Å². The van der Waals surface area contributed by atoms with E-state index in [0.29, 0.717) is 18.6 Å². The second kappa shape index (κ2) is 10.6. The molecular weight excluding hydrogens is 424 g/mol. The van der Waals surface area contributed by atoms with E-state index in [0.717, 1.165) is 33.4 Å². The molecule has 0 amide bonds. The molecule has 4 rings (SSSR count). The lowest BCUT2D eigenvalue weighted by Crippen LogP contribution is -2.14. The zero-order chi connectivity index (χ0) is 23.9. The van der Waals surface area contributed by atoms with Crippen molar-refractivity contribution in [3.8, 4) is 11.1 Å². The third kappa shape index (κ3) is 5.21. The number of hydrogen-bond donors (Lipinski definition) is 2. The van der Waals surface area contributed by atoms with E-state index in [1.807, 2.05) is 73.7 Å². The normalized spacial score (nSPS) is 12.3. The molecule has 0 spiro atoms. The van der Waals surface area contributed by atoms with Gasteiger partial charge in [0.05, 0.1) is 11.3 Å². The molecule has 2 N–H and O–H groups in total. The summed E-state index contributed by atoms with van der Waals surface area (Å²) < 4.78 is 0. The number of rotatable bonds is 8. The fourth-order valence-corrected chi connectivity index (χ4v) is 4.35. The molecule has 1 aromatic heterocycles. The highest BCUT2D eigenvalue weighted by atomic mass is 16.4. The second-order valence-electron chi connectivity index (χ2n) is 8.28. The van der Waals surface area contributed by atoms with Crippen LogP contribution in [0.5, 0.6) is 0 Å². The topological polar surface area (TPSA) is 82.8 Å². The first-order valence-corrected chi connectivity index (χ1v) is 11.1. The number of oxime groups is 1. The quantitative estimate of drug-likeness (QED) is 0.186. The van der Waals surface area contributed by atoms with Gasteiger partial charge in [-0.2, -0.15) is 0 Å². The maximum absolute atomic E-state index is 11.9. The van der Waals surface area contributed by atoms with Crippen LogP contribution < -0.4 is 0 Å². The highest BCUT2D eigenvalue weighted by Gasteiger charge is 2.24. The molecule has 0 unspecified atom stereocenters. The summed E-state index contributed by atoms with van der Waals surface area (Å²) >= 11 is 0. The number of carbonyl (C=O) groups is 1. The first-order valence-electron chi connectivity index (χ1n) is 11.1. The largest absolute Gasteiger partial charge is 0.478 e. The van der Waals surface area contributed by atoms with Gasteiger partial charge in [0.2, 0.25) is 0 Å². The standard InChI is InChI=1S/C29H26N2O3/c1-20-7-5-6-10-25(20)28(19-24(31-34)17-21-13-15-30-16-14-21)27-18-23(29(32)33)11-12-26(27)22-8-3-2-4-9-22/h2-16,18,28,34H,17,19H2,1H3,(H,32,33)/t28-/m1/s1. The van der Waals surface area contributed by atoms with Gasteiger partial charge in [0.15, 0.2) is 0 Å². The van der Waals surface area contributed by atoms with Gasteiger partial charge < -0.3 is 10.3 Å². The summed E-state index contributed by atoms with van der Waals surface area (Å²) in [5.74, 6) is -1.18. The van der Waals surface area contributed by atoms with Crippen LogP contribution in [0.15, 0.2) is 102 Å². The summed E-state index contributed by atoms with van der Waals surface area (Å²) in [6.45, 7) is 2.05. The third-order valence-electron chi connectivity index (χ3n) is 6.06. The Labute approximate surface area is 199 Å². The van der Waals surface area contributed by atoms with Crippen molar-refractivity contribution in [1.29, 1.82) is 0 Å². The van der Waals surface area contributed by atoms with Crippen LogP contribution in [0.25, 0.3) is 11.1 Å². The lowest BCUT2D eigenvalue weighted by molar-refractivity contribution is 0.0696. The van der Waals surface area contributed by atoms with Gasteiger partial charge in [-0.05, 0) is 64.6 Å². The average molecular weight is 451 g/mol. The van der Waals surface area contributed by atoms with Crippen LogP contribution >= 0.6 is 0 Å². The number of pyridine rings is 1. The van der Waals surface area contributed by atoms with Crippen molar-refractivity contribution >= 4 is 11.7 Å². The molecule has 0 fully saturated rings. The van der Waals surface area contributed by atoms with Crippen molar-refractivity contribution < 1.29 is 15.1 Å². The number of benzene rings is 3. The highest BCUT2D eigenvalue weighted by Crippen LogP contribution is 2.38. The summed E-state index contributed by atoms with van der Waals surface area (Å²) in [7, 11) is 0. The minimum Gasteiger partial charge on any atom is -0.478 e. The van der Waals surface area contributed by atoms with Gasteiger partial charge in [0, 0.05) is 31.2 Å². The Morgan fingerprint density at radius 1 is 0.912 bits per heavy atom. The maximum atomic E-state index is 11.9. The molecule has 1 heterocycles. The molecule has 0 bridgehead atoms. The molecule has 0 radical (unpaired) electrons. The van der Waals surface area contributed by atoms with E-state index in [2.05, 4.69) is 16.2 Å². The number of nitrogens with zero attached hydrogens (tertiary/aromatic N) is 2. The zero-order valence-corrected chi connectivity index (χ0v) is 18.9. The van der Waals surface area contributed by atoms with Crippen LogP contribution in [0, 0.1) is 6.92 Å². The van der Waals surface area contributed by atoms with Crippen molar-refractivity contribution in [2.45, 2.75) is 25.7 Å². The number of aromatic nitrogens is 1.